The Morgan fingerprint density at radius 3 is 2.60 bits per heavy atom. The molecule has 8 heteroatoms. The number of rotatable bonds is 11. The van der Waals surface area contributed by atoms with Crippen LogP contribution in [0.5, 0.6) is 5.75 Å². The molecule has 2 amide bonds. The molecule has 1 aromatic carbocycles. The smallest absolute Gasteiger partial charge is 0.413 e. The largest absolute Gasteiger partial charge is 0.493 e. The third kappa shape index (κ3) is 8.08. The summed E-state index contributed by atoms with van der Waals surface area (Å²) in [5.74, 6) is 1.36. The second-order valence-electron chi connectivity index (χ2n) is 12.4. The van der Waals surface area contributed by atoms with Gasteiger partial charge in [0, 0.05) is 44.0 Å². The monoisotopic (exact) mass is 591 g/mol. The first kappa shape index (κ1) is 29.9. The molecule has 5 rings (SSSR count). The molecule has 1 N–H and O–H groups in total. The normalized spacial score (nSPS) is 22.0. The molecule has 234 valence electrons. The predicted molar refractivity (Wildman–Crippen MR) is 171 cm³/mol. The summed E-state index contributed by atoms with van der Waals surface area (Å²) in [5.41, 5.74) is 0. The first-order valence-corrected chi connectivity index (χ1v) is 16.5. The van der Waals surface area contributed by atoms with Crippen molar-refractivity contribution in [1.29, 1.82) is 0 Å². The van der Waals surface area contributed by atoms with E-state index in [9.17, 15) is 11.0 Å². The van der Waals surface area contributed by atoms with Crippen molar-refractivity contribution in [2.75, 3.05) is 25.1 Å². The molecule has 2 aliphatic carbocycles. The Morgan fingerprint density at radius 1 is 1.09 bits per heavy atom. The van der Waals surface area contributed by atoms with E-state index in [2.05, 4.69) is 33.6 Å². The minimum Gasteiger partial charge on any atom is -0.493 e. The number of aromatic nitrogens is 1. The molecular formula is C35H50N4O4. The molecule has 3 fully saturated rings. The quantitative estimate of drug-likeness (QED) is 0.273. The van der Waals surface area contributed by atoms with E-state index in [0.717, 1.165) is 87.3 Å². The van der Waals surface area contributed by atoms with Gasteiger partial charge >= 0.3 is 6.09 Å². The van der Waals surface area contributed by atoms with Gasteiger partial charge < -0.3 is 14.4 Å². The van der Waals surface area contributed by atoms with Crippen LogP contribution < -0.4 is 10.1 Å². The number of pyridine rings is 1. The van der Waals surface area contributed by atoms with Gasteiger partial charge in [-0.05, 0) is 81.5 Å². The Labute approximate surface area is 258 Å². The van der Waals surface area contributed by atoms with Gasteiger partial charge in [-0.15, -0.1) is 0 Å². The van der Waals surface area contributed by atoms with Gasteiger partial charge in [-0.3, -0.25) is 15.0 Å². The summed E-state index contributed by atoms with van der Waals surface area (Å²) in [6, 6.07) is 7.18. The lowest BCUT2D eigenvalue weighted by Crippen LogP contribution is -2.58. The SMILES string of the molecule is [2H]C1(N(C2CCCCC2)[C@@H](C)C(=O)N2CCCCC2CCOc2ccc3c(NC(=O)OCC=C)nccc3c2)CCCCC1. The van der Waals surface area contributed by atoms with Crippen molar-refractivity contribution in [2.45, 2.75) is 121 Å². The van der Waals surface area contributed by atoms with Crippen LogP contribution in [0.25, 0.3) is 10.8 Å². The predicted octanol–water partition coefficient (Wildman–Crippen LogP) is 7.48. The van der Waals surface area contributed by atoms with Crippen LogP contribution in [0, 0.1) is 0 Å². The first-order valence-electron chi connectivity index (χ1n) is 17.0. The standard InChI is InChI=1S/C35H50N4O4/c1-3-23-43-35(41)37-33-32-18-17-31(25-27(32)19-21-36-33)42-24-20-28-12-10-11-22-38(28)34(40)26(2)39(29-13-6-4-7-14-29)30-15-8-5-9-16-30/h3,17-19,21,25-26,28-30H,1,4-16,20,22-24H2,2H3,(H,36,37,41)/t26-,28?/m0/s1/i29D. The molecule has 0 spiro atoms. The van der Waals surface area contributed by atoms with Gasteiger partial charge in [0.05, 0.1) is 12.6 Å². The lowest BCUT2D eigenvalue weighted by atomic mass is 9.87. The van der Waals surface area contributed by atoms with Gasteiger partial charge in [-0.1, -0.05) is 51.2 Å². The number of anilines is 1. The fourth-order valence-corrected chi connectivity index (χ4v) is 7.30. The number of nitrogens with zero attached hydrogens (tertiary/aromatic N) is 3. The zero-order valence-corrected chi connectivity index (χ0v) is 25.9. The molecule has 2 saturated carbocycles. The number of amides is 2. The zero-order chi connectivity index (χ0) is 30.9. The van der Waals surface area contributed by atoms with Crippen LogP contribution in [0.1, 0.15) is 98.2 Å². The minimum atomic E-state index is -0.628. The van der Waals surface area contributed by atoms with Gasteiger partial charge in [0.25, 0.3) is 0 Å². The number of hydrogen-bond donors (Lipinski definition) is 1. The van der Waals surface area contributed by atoms with E-state index < -0.39 is 12.1 Å². The Balaban J connectivity index is 1.22. The molecule has 8 nitrogen and oxygen atoms in total. The highest BCUT2D eigenvalue weighted by Crippen LogP contribution is 2.33. The average Bonchev–Trinajstić information content (AvgIpc) is 3.04. The van der Waals surface area contributed by atoms with E-state index in [4.69, 9.17) is 9.47 Å². The maximum atomic E-state index is 14.2. The van der Waals surface area contributed by atoms with E-state index in [1.165, 1.54) is 31.8 Å². The van der Waals surface area contributed by atoms with Crippen molar-refractivity contribution >= 4 is 28.6 Å². The Morgan fingerprint density at radius 2 is 1.84 bits per heavy atom. The molecule has 2 atom stereocenters. The van der Waals surface area contributed by atoms with Crippen LogP contribution in [-0.2, 0) is 9.53 Å². The molecule has 2 aromatic rings. The summed E-state index contributed by atoms with van der Waals surface area (Å²) in [4.78, 5) is 35.0. The van der Waals surface area contributed by atoms with Crippen molar-refractivity contribution in [1.82, 2.24) is 14.8 Å². The molecule has 1 aromatic heterocycles. The van der Waals surface area contributed by atoms with E-state index >= 15 is 0 Å². The summed E-state index contributed by atoms with van der Waals surface area (Å²) in [6.45, 7) is 7.05. The van der Waals surface area contributed by atoms with Crippen molar-refractivity contribution in [3.05, 3.63) is 43.1 Å². The maximum Gasteiger partial charge on any atom is 0.413 e. The van der Waals surface area contributed by atoms with E-state index in [-0.39, 0.29) is 24.6 Å². The van der Waals surface area contributed by atoms with Gasteiger partial charge in [-0.25, -0.2) is 9.78 Å². The lowest BCUT2D eigenvalue weighted by Gasteiger charge is -2.47. The van der Waals surface area contributed by atoms with Crippen molar-refractivity contribution in [3.63, 3.8) is 0 Å². The van der Waals surface area contributed by atoms with Gasteiger partial charge in [0.2, 0.25) is 5.91 Å². The second-order valence-corrected chi connectivity index (χ2v) is 12.4. The van der Waals surface area contributed by atoms with Crippen molar-refractivity contribution < 1.29 is 20.4 Å². The molecule has 1 unspecified atom stereocenters. The van der Waals surface area contributed by atoms with E-state index in [1.54, 1.807) is 6.20 Å². The highest BCUT2D eigenvalue weighted by atomic mass is 16.5. The highest BCUT2D eigenvalue weighted by molar-refractivity contribution is 5.98. The van der Waals surface area contributed by atoms with Gasteiger partial charge in [0.1, 0.15) is 18.2 Å². The van der Waals surface area contributed by atoms with Crippen LogP contribution in [0.2, 0.25) is 0 Å². The molecule has 43 heavy (non-hydrogen) atoms. The molecular weight excluding hydrogens is 540 g/mol. The van der Waals surface area contributed by atoms with E-state index in [1.807, 2.05) is 24.3 Å². The third-order valence-corrected chi connectivity index (χ3v) is 9.46. The number of ether oxygens (including phenoxy) is 2. The third-order valence-electron chi connectivity index (χ3n) is 9.46. The maximum absolute atomic E-state index is 14.2. The van der Waals surface area contributed by atoms with Gasteiger partial charge in [0.15, 0.2) is 0 Å². The number of likely N-dealkylation sites (tertiary alicyclic amines) is 1. The number of carbonyl (C=O) groups is 2. The number of benzene rings is 1. The number of nitrogens with one attached hydrogen (secondary N) is 1. The van der Waals surface area contributed by atoms with Gasteiger partial charge in [-0.2, -0.15) is 0 Å². The lowest BCUT2D eigenvalue weighted by molar-refractivity contribution is -0.143. The Bertz CT molecular complexity index is 1280. The Hall–Kier alpha value is -3.13. The van der Waals surface area contributed by atoms with E-state index in [0.29, 0.717) is 18.5 Å². The summed E-state index contributed by atoms with van der Waals surface area (Å²) in [6.07, 6.45) is 17.5. The highest BCUT2D eigenvalue weighted by Gasteiger charge is 2.38. The summed E-state index contributed by atoms with van der Waals surface area (Å²) in [7, 11) is 0. The molecule has 0 bridgehead atoms. The van der Waals surface area contributed by atoms with Crippen molar-refractivity contribution in [2.24, 2.45) is 0 Å². The van der Waals surface area contributed by atoms with Crippen LogP contribution in [-0.4, -0.2) is 70.7 Å². The molecule has 2 heterocycles. The Kier molecular flexibility index (Phi) is 10.8. The number of piperidine rings is 1. The molecule has 0 radical (unpaired) electrons. The molecule has 1 aliphatic heterocycles. The first-order chi connectivity index (χ1) is 21.4. The summed E-state index contributed by atoms with van der Waals surface area (Å²) < 4.78 is 20.8. The molecule has 1 saturated heterocycles. The number of carbonyl (C=O) groups excluding carboxylic acids is 2. The number of hydrogen-bond acceptors (Lipinski definition) is 6. The topological polar surface area (TPSA) is 84.0 Å². The summed E-state index contributed by atoms with van der Waals surface area (Å²) in [5, 5.41) is 4.38. The summed E-state index contributed by atoms with van der Waals surface area (Å²) >= 11 is 0. The number of fused-ring (bicyclic) bond motifs is 1. The molecule has 3 aliphatic rings. The van der Waals surface area contributed by atoms with Crippen molar-refractivity contribution in [3.8, 4) is 5.75 Å². The second kappa shape index (κ2) is 15.6. The zero-order valence-electron chi connectivity index (χ0n) is 26.9. The fraction of sp³-hybridized carbons (Fsp3) is 0.629. The van der Waals surface area contributed by atoms with Crippen LogP contribution in [0.3, 0.4) is 0 Å². The van der Waals surface area contributed by atoms with Crippen LogP contribution >= 0.6 is 0 Å². The average molecular weight is 592 g/mol. The fourth-order valence-electron chi connectivity index (χ4n) is 7.30. The van der Waals surface area contributed by atoms with Crippen LogP contribution in [0.15, 0.2) is 43.1 Å². The minimum absolute atomic E-state index is 0.126. The van der Waals surface area contributed by atoms with Crippen LogP contribution in [0.4, 0.5) is 10.6 Å².